The van der Waals surface area contributed by atoms with E-state index in [9.17, 15) is 26.9 Å². The minimum absolute atomic E-state index is 0.0817. The van der Waals surface area contributed by atoms with Gasteiger partial charge in [-0.1, -0.05) is 25.7 Å². The maximum Gasteiger partial charge on any atom is 0.248 e. The fourth-order valence-corrected chi connectivity index (χ4v) is 8.37. The van der Waals surface area contributed by atoms with Crippen LogP contribution in [0, 0.1) is 17.8 Å². The van der Waals surface area contributed by atoms with Crippen LogP contribution in [-0.4, -0.2) is 51.3 Å². The molecule has 0 saturated heterocycles. The molecule has 7 nitrogen and oxygen atoms in total. The lowest BCUT2D eigenvalue weighted by Crippen LogP contribution is -2.45. The van der Waals surface area contributed by atoms with Gasteiger partial charge in [0.15, 0.2) is 0 Å². The van der Waals surface area contributed by atoms with Crippen LogP contribution in [0.2, 0.25) is 25.7 Å². The van der Waals surface area contributed by atoms with Crippen LogP contribution in [0.25, 0.3) is 11.0 Å². The fraction of sp³-hybridized carbons (Fsp3) is 0.765. The van der Waals surface area contributed by atoms with Crippen molar-refractivity contribution in [1.82, 2.24) is 19.6 Å². The molecule has 3 aliphatic carbocycles. The van der Waals surface area contributed by atoms with E-state index in [1.807, 2.05) is 43.5 Å². The van der Waals surface area contributed by atoms with Gasteiger partial charge in [0.1, 0.15) is 23.3 Å². The quantitative estimate of drug-likeness (QED) is 0.0897. The molecule has 0 radical (unpaired) electrons. The number of aromatic nitrogens is 2. The van der Waals surface area contributed by atoms with Crippen molar-refractivity contribution in [3.8, 4) is 0 Å². The molecule has 5 rings (SSSR count). The van der Waals surface area contributed by atoms with E-state index in [4.69, 9.17) is 9.72 Å². The summed E-state index contributed by atoms with van der Waals surface area (Å²) >= 11 is -1.54. The van der Waals surface area contributed by atoms with Crippen molar-refractivity contribution < 1.29 is 31.6 Å². The van der Waals surface area contributed by atoms with Crippen LogP contribution < -0.4 is 10.0 Å². The predicted molar refractivity (Wildman–Crippen MR) is 180 cm³/mol. The number of nitrogens with one attached hydrogen (secondary N) is 2. The van der Waals surface area contributed by atoms with Gasteiger partial charge in [0.25, 0.3) is 0 Å². The van der Waals surface area contributed by atoms with Crippen molar-refractivity contribution >= 4 is 36.4 Å². The molecule has 1 heterocycles. The number of carbonyl (C=O) groups excluding carboxylic acids is 1. The lowest BCUT2D eigenvalue weighted by Gasteiger charge is -2.36. The Morgan fingerprint density at radius 3 is 2.38 bits per heavy atom. The van der Waals surface area contributed by atoms with Gasteiger partial charge >= 0.3 is 0 Å². The molecule has 3 fully saturated rings. The molecule has 1 amide bonds. The Labute approximate surface area is 280 Å². The summed E-state index contributed by atoms with van der Waals surface area (Å²) in [5, 5.41) is 3.13. The molecule has 1 aromatic carbocycles. The molecule has 4 atom stereocenters. The summed E-state index contributed by atoms with van der Waals surface area (Å²) in [5.74, 6) is -5.73. The molecular formula is C34H52F4N4O3SSi. The Morgan fingerprint density at radius 1 is 1.09 bits per heavy atom. The number of benzene rings is 1. The number of ether oxygens (including phenoxy) is 1. The summed E-state index contributed by atoms with van der Waals surface area (Å²) in [7, 11) is -1.39. The molecular weight excluding hydrogens is 649 g/mol. The number of hydrogen-bond donors (Lipinski definition) is 2. The number of imidazole rings is 1. The zero-order chi connectivity index (χ0) is 34.4. The summed E-state index contributed by atoms with van der Waals surface area (Å²) in [5.41, 5.74) is 2.29. The molecule has 264 valence electrons. The Morgan fingerprint density at radius 2 is 1.79 bits per heavy atom. The highest BCUT2D eigenvalue weighted by Crippen LogP contribution is 2.46. The SMILES string of the molecule is CC(C)(C)[S@@+]([O-])N[C@H](c1nc2ccc([C@H](NC(=O)CC3CC(F)(F)C3)C3CC3)cc2n1COCC[Si](C)(C)C)[C@@H]1CCCC(F)(F)C1. The van der Waals surface area contributed by atoms with Gasteiger partial charge < -0.3 is 19.2 Å². The van der Waals surface area contributed by atoms with Gasteiger partial charge in [-0.15, -0.1) is 4.72 Å². The minimum atomic E-state index is -2.81. The Kier molecular flexibility index (Phi) is 10.8. The second-order valence-corrected chi connectivity index (χ2v) is 24.0. The first kappa shape index (κ1) is 36.6. The third-order valence-electron chi connectivity index (χ3n) is 9.65. The summed E-state index contributed by atoms with van der Waals surface area (Å²) in [6, 6.07) is 5.79. The molecule has 1 aromatic heterocycles. The zero-order valence-corrected chi connectivity index (χ0v) is 30.5. The van der Waals surface area contributed by atoms with Gasteiger partial charge in [0.2, 0.25) is 17.8 Å². The predicted octanol–water partition coefficient (Wildman–Crippen LogP) is 8.27. The van der Waals surface area contributed by atoms with Crippen molar-refractivity contribution in [3.63, 3.8) is 0 Å². The highest BCUT2D eigenvalue weighted by Gasteiger charge is 2.47. The van der Waals surface area contributed by atoms with Gasteiger partial charge in [-0.25, -0.2) is 22.5 Å². The molecule has 47 heavy (non-hydrogen) atoms. The first-order chi connectivity index (χ1) is 21.8. The lowest BCUT2D eigenvalue weighted by atomic mass is 9.79. The molecule has 3 saturated carbocycles. The largest absolute Gasteiger partial charge is 0.598 e. The highest BCUT2D eigenvalue weighted by atomic mass is 32.2. The number of hydrogen-bond acceptors (Lipinski definition) is 5. The Balaban J connectivity index is 1.49. The van der Waals surface area contributed by atoms with E-state index < -0.39 is 48.0 Å². The van der Waals surface area contributed by atoms with Crippen LogP contribution in [0.3, 0.4) is 0 Å². The number of amides is 1. The molecule has 0 spiro atoms. The van der Waals surface area contributed by atoms with Crippen LogP contribution in [0.1, 0.15) is 102 Å². The molecule has 2 N–H and O–H groups in total. The van der Waals surface area contributed by atoms with Crippen LogP contribution in [0.4, 0.5) is 17.6 Å². The van der Waals surface area contributed by atoms with Crippen LogP contribution >= 0.6 is 0 Å². The van der Waals surface area contributed by atoms with Crippen LogP contribution in [-0.2, 0) is 27.6 Å². The molecule has 0 aliphatic heterocycles. The normalized spacial score (nSPS) is 23.7. The Bertz CT molecular complexity index is 1400. The van der Waals surface area contributed by atoms with Crippen molar-refractivity contribution in [3.05, 3.63) is 29.6 Å². The van der Waals surface area contributed by atoms with E-state index in [1.165, 1.54) is 0 Å². The maximum absolute atomic E-state index is 14.8. The third kappa shape index (κ3) is 9.73. The van der Waals surface area contributed by atoms with Crippen molar-refractivity contribution in [1.29, 1.82) is 0 Å². The van der Waals surface area contributed by atoms with Gasteiger partial charge in [-0.3, -0.25) is 4.79 Å². The number of halogens is 4. The molecule has 13 heteroatoms. The second kappa shape index (κ2) is 13.9. The minimum Gasteiger partial charge on any atom is -0.598 e. The average molecular weight is 701 g/mol. The van der Waals surface area contributed by atoms with Crippen molar-refractivity contribution in [2.24, 2.45) is 17.8 Å². The smallest absolute Gasteiger partial charge is 0.248 e. The summed E-state index contributed by atoms with van der Waals surface area (Å²) in [4.78, 5) is 18.0. The number of nitrogens with zero attached hydrogens (tertiary/aromatic N) is 2. The third-order valence-corrected chi connectivity index (χ3v) is 12.9. The number of alkyl halides is 4. The number of carbonyl (C=O) groups is 1. The highest BCUT2D eigenvalue weighted by molar-refractivity contribution is 7.90. The lowest BCUT2D eigenvalue weighted by molar-refractivity contribution is -0.134. The van der Waals surface area contributed by atoms with Crippen LogP contribution in [0.15, 0.2) is 18.2 Å². The second-order valence-electron chi connectivity index (χ2n) is 16.4. The van der Waals surface area contributed by atoms with Gasteiger partial charge in [-0.05, 0) is 87.9 Å². The van der Waals surface area contributed by atoms with E-state index >= 15 is 0 Å². The number of fused-ring (bicyclic) bond motifs is 1. The molecule has 0 unspecified atom stereocenters. The van der Waals surface area contributed by atoms with Gasteiger partial charge in [-0.2, -0.15) is 0 Å². The summed E-state index contributed by atoms with van der Waals surface area (Å²) in [6.45, 7) is 13.1. The van der Waals surface area contributed by atoms with E-state index in [-0.39, 0.29) is 62.6 Å². The maximum atomic E-state index is 14.8. The van der Waals surface area contributed by atoms with E-state index in [1.54, 1.807) is 0 Å². The van der Waals surface area contributed by atoms with E-state index in [0.29, 0.717) is 30.8 Å². The molecule has 2 aromatic rings. The van der Waals surface area contributed by atoms with E-state index in [0.717, 1.165) is 30.0 Å². The van der Waals surface area contributed by atoms with Crippen molar-refractivity contribution in [2.45, 2.75) is 140 Å². The number of rotatable bonds is 14. The first-order valence-electron chi connectivity index (χ1n) is 17.1. The van der Waals surface area contributed by atoms with Crippen molar-refractivity contribution in [2.75, 3.05) is 6.61 Å². The first-order valence-corrected chi connectivity index (χ1v) is 22.0. The van der Waals surface area contributed by atoms with Gasteiger partial charge in [0.05, 0.1) is 17.1 Å². The topological polar surface area (TPSA) is 91.2 Å². The monoisotopic (exact) mass is 700 g/mol. The standard InChI is InChI=1S/C34H52F4N4O3SSi/c1-32(2,3)46(44)41-30(25-8-7-13-33(35,36)20-25)31-39-26-12-11-24(17-27(26)42(31)21-45-14-15-47(4,5)6)29(23-9-10-23)40-28(43)16-22-18-34(37,38)19-22/h11-12,17,22-23,25,29-30,41H,7-10,13-16,18-21H2,1-6H3,(H,40,43)/t25-,29-,30+,46-/m1/s1. The summed E-state index contributed by atoms with van der Waals surface area (Å²) < 4.78 is 80.7. The Hall–Kier alpha value is -1.67. The fourth-order valence-electron chi connectivity index (χ4n) is 6.73. The summed E-state index contributed by atoms with van der Waals surface area (Å²) in [6.07, 6.45) is 1.95. The molecule has 0 bridgehead atoms. The van der Waals surface area contributed by atoms with Gasteiger partial charge in [0, 0.05) is 58.1 Å². The molecule has 3 aliphatic rings. The van der Waals surface area contributed by atoms with E-state index in [2.05, 4.69) is 29.7 Å². The average Bonchev–Trinajstić information content (AvgIpc) is 3.71. The zero-order valence-electron chi connectivity index (χ0n) is 28.6. The van der Waals surface area contributed by atoms with Crippen LogP contribution in [0.5, 0.6) is 0 Å².